The lowest BCUT2D eigenvalue weighted by molar-refractivity contribution is -0.405. The van der Waals surface area contributed by atoms with Gasteiger partial charge in [-0.2, -0.15) is 0 Å². The molecule has 13 heterocycles. The maximum Gasteiger partial charge on any atom is 0.187 e. The topological polar surface area (TPSA) is 1060 Å². The second-order valence-corrected chi connectivity index (χ2v) is 36.4. The van der Waals surface area contributed by atoms with Crippen LogP contribution in [-0.4, -0.2) is 694 Å². The zero-order valence-electron chi connectivity index (χ0n) is 75.3. The fraction of sp³-hybridized carbons (Fsp3) is 1.00. The standard InChI is InChI=1S/C78H132O66/c79-1-14-27(92)40(105)41(106)67(121-14)134-55-29(94)16(3-81)123-69(43(55)108)136-57-31(96)18(5-83)125-71(45(57)110)138-59-33(98)20(7-85)127-73(47(59)112)140-61-35(100)22(9-87)129-75(49(61)114)142-63-37(102)24(11-89)131-77(51(63)116)144-65-39(104)26(13-91)132-78(53(65)118)143-64-38(103)25(12-90)130-76(52(64)117)141-62-36(101)23(10-88)128-74(50(62)115)139-60-34(99)21(8-86)126-72(48(60)113)137-58-32(97)19(6-84)124-70(46(58)111)135-56-30(95)17(4-82)122-68(44(56)109)133-54-28(93)15(2-80)120-66(119)42(54)107/h14-119H,1-13H2/t14-,15-,16-,17-,18-,19-,20-,21-,22-,23-,24-,25-,26-,27-,28-,29-,30-,31-,32-,33-,34-,35-,36-,37-,38-,39-,40+,41-,42-,43-,44-,45-,46-,47-,48-,49-,50-,51-,52-,53-,54+,55+,56+,57+,58+,59+,60+,61+,62+,63+,64+,65+,66?,67-,68-,69-,70-,71-,72-,73-,74-,75-,76-,77-,78-/m1/s1. The highest BCUT2D eigenvalue weighted by molar-refractivity contribution is 5.06. The van der Waals surface area contributed by atoms with Gasteiger partial charge in [0.2, 0.25) is 0 Å². The predicted octanol–water partition coefficient (Wildman–Crippen LogP) is -29.3. The molecule has 66 nitrogen and oxygen atoms in total. The molecule has 13 saturated heterocycles. The van der Waals surface area contributed by atoms with Gasteiger partial charge in [-0.05, 0) is 0 Å². The quantitative estimate of drug-likeness (QED) is 0.0275. The summed E-state index contributed by atoms with van der Waals surface area (Å²) < 4.78 is 142. The van der Waals surface area contributed by atoms with Crippen molar-refractivity contribution in [2.24, 2.45) is 0 Å². The summed E-state index contributed by atoms with van der Waals surface area (Å²) in [6, 6.07) is 0. The van der Waals surface area contributed by atoms with Gasteiger partial charge in [0, 0.05) is 0 Å². The molecule has 0 bridgehead atoms. The molecule has 144 heavy (non-hydrogen) atoms. The lowest BCUT2D eigenvalue weighted by Gasteiger charge is -2.50. The van der Waals surface area contributed by atoms with Crippen molar-refractivity contribution in [2.45, 2.75) is 399 Å². The Labute approximate surface area is 810 Å². The first-order valence-electron chi connectivity index (χ1n) is 45.8. The molecule has 0 aromatic carbocycles. The van der Waals surface area contributed by atoms with Crippen molar-refractivity contribution >= 4 is 0 Å². The van der Waals surface area contributed by atoms with E-state index in [4.69, 9.17) is 118 Å². The van der Waals surface area contributed by atoms with Crippen LogP contribution in [0, 0.1) is 0 Å². The largest absolute Gasteiger partial charge is 0.394 e. The normalized spacial score (nSPS) is 53.9. The first-order valence-corrected chi connectivity index (χ1v) is 45.8. The van der Waals surface area contributed by atoms with Crippen molar-refractivity contribution in [1.29, 1.82) is 0 Å². The number of hydrogen-bond acceptors (Lipinski definition) is 66. The smallest absolute Gasteiger partial charge is 0.187 e. The highest BCUT2D eigenvalue weighted by Gasteiger charge is 2.65. The van der Waals surface area contributed by atoms with Gasteiger partial charge in [0.15, 0.2) is 81.8 Å². The summed E-state index contributed by atoms with van der Waals surface area (Å²) in [6.45, 7) is -15.0. The molecule has 840 valence electrons. The SMILES string of the molecule is OC[C@H]1O[C@H](O[C@@H]2[C@@H](O)[C@@H](O[C@@H]3[C@@H](O)[C@@H](O[C@@H]4[C@@H](O)[C@@H](O[C@@H]5[C@@H](O)[C@@H](O[C@@H]6[C@@H](O)[C@@H](O[C@@H]7[C@@H](O)[C@@H](O[C@@H]8[C@@H](O)[C@@H](O[C@@H]9[C@@H](O)[C@@H](O[C@@H]%10[C@@H](O)[C@@H](O[C@@H]%11[C@@H](O)[C@@H](O[C@@H]%12[C@@H](O)[C@@H](O[C@H]%13[C@H](O)[C@@H](CO)OC(O)[C@@H]%13O)O[C@H](CO)[C@H]%12O)O[C@H](CO)[C@H]%11O)O[C@H](CO)[C@H]%10O)O[C@H](CO)[C@H]9O)O[C@H](CO)[C@H]8O)O[C@H](CO)[C@H]7O)O[C@H](CO)[C@H]6O)O[C@H](CO)[C@H]5O)O[C@H](CO)[C@H]4O)O[C@H](CO)[C@H]3O)O[C@H](CO)[C@H]2O)[C@H](O)[C@@H](O)[C@@H]1O. The molecule has 13 aliphatic rings. The van der Waals surface area contributed by atoms with E-state index in [1.165, 1.54) is 0 Å². The van der Waals surface area contributed by atoms with E-state index in [-0.39, 0.29) is 0 Å². The van der Waals surface area contributed by atoms with E-state index in [2.05, 4.69) is 0 Å². The van der Waals surface area contributed by atoms with Crippen molar-refractivity contribution in [3.8, 4) is 0 Å². The van der Waals surface area contributed by atoms with Gasteiger partial charge in [0.25, 0.3) is 0 Å². The summed E-state index contributed by atoms with van der Waals surface area (Å²) in [5.74, 6) is 0. The zero-order valence-corrected chi connectivity index (χ0v) is 75.3. The van der Waals surface area contributed by atoms with E-state index in [0.717, 1.165) is 0 Å². The fourth-order valence-corrected chi connectivity index (χ4v) is 18.9. The van der Waals surface area contributed by atoms with Crippen molar-refractivity contribution in [1.82, 2.24) is 0 Å². The number of ether oxygens (including phenoxy) is 25. The van der Waals surface area contributed by atoms with Crippen molar-refractivity contribution in [3.63, 3.8) is 0 Å². The monoisotopic (exact) mass is 2120 g/mol. The summed E-state index contributed by atoms with van der Waals surface area (Å²) >= 11 is 0. The molecule has 66 heteroatoms. The van der Waals surface area contributed by atoms with Crippen LogP contribution in [0.15, 0.2) is 0 Å². The molecule has 1 unspecified atom stereocenters. The third-order valence-corrected chi connectivity index (χ3v) is 27.2. The van der Waals surface area contributed by atoms with Crippen LogP contribution in [-0.2, 0) is 118 Å². The third-order valence-electron chi connectivity index (χ3n) is 27.2. The Morgan fingerprint density at radius 2 is 0.201 bits per heavy atom. The molecule has 65 atom stereocenters. The molecule has 41 N–H and O–H groups in total. The summed E-state index contributed by atoms with van der Waals surface area (Å²) in [5.41, 5.74) is 0. The minimum absolute atomic E-state index is 0.937. The third kappa shape index (κ3) is 24.3. The van der Waals surface area contributed by atoms with E-state index in [0.29, 0.717) is 0 Å². The van der Waals surface area contributed by atoms with Crippen molar-refractivity contribution in [3.05, 3.63) is 0 Å². The fourth-order valence-electron chi connectivity index (χ4n) is 18.9. The molecule has 0 aliphatic carbocycles. The van der Waals surface area contributed by atoms with Crippen LogP contribution in [0.25, 0.3) is 0 Å². The molecule has 0 aromatic heterocycles. The lowest BCUT2D eigenvalue weighted by atomic mass is 9.94. The Bertz CT molecular complexity index is 3660. The minimum Gasteiger partial charge on any atom is -0.394 e. The van der Waals surface area contributed by atoms with Crippen LogP contribution in [0.1, 0.15) is 0 Å². The molecule has 13 fully saturated rings. The Morgan fingerprint density at radius 3 is 0.319 bits per heavy atom. The van der Waals surface area contributed by atoms with Gasteiger partial charge in [-0.1, -0.05) is 0 Å². The van der Waals surface area contributed by atoms with E-state index in [1.807, 2.05) is 0 Å². The highest BCUT2D eigenvalue weighted by Crippen LogP contribution is 2.44. The zero-order chi connectivity index (χ0) is 105. The van der Waals surface area contributed by atoms with Crippen LogP contribution in [0.2, 0.25) is 0 Å². The van der Waals surface area contributed by atoms with Crippen molar-refractivity contribution < 1.29 is 328 Å². The summed E-state index contributed by atoms with van der Waals surface area (Å²) in [6.07, 6.45) is -143. The van der Waals surface area contributed by atoms with Gasteiger partial charge in [0.05, 0.1) is 85.9 Å². The van der Waals surface area contributed by atoms with E-state index in [1.54, 1.807) is 0 Å². The van der Waals surface area contributed by atoms with Gasteiger partial charge in [-0.15, -0.1) is 0 Å². The second kappa shape index (κ2) is 51.4. The van der Waals surface area contributed by atoms with Crippen LogP contribution in [0.4, 0.5) is 0 Å². The highest BCUT2D eigenvalue weighted by atomic mass is 16.8. The summed E-state index contributed by atoms with van der Waals surface area (Å²) in [5, 5.41) is 456. The number of aliphatic hydroxyl groups excluding tert-OH is 41. The molecule has 0 spiro atoms. The maximum absolute atomic E-state index is 12.1. The lowest BCUT2D eigenvalue weighted by Crippen LogP contribution is -2.69. The maximum atomic E-state index is 12.1. The van der Waals surface area contributed by atoms with Gasteiger partial charge in [0.1, 0.15) is 317 Å². The molecule has 13 rings (SSSR count). The molecular weight excluding hydrogens is 1990 g/mol. The van der Waals surface area contributed by atoms with Gasteiger partial charge >= 0.3 is 0 Å². The molecule has 0 amide bonds. The minimum atomic E-state index is -2.54. The predicted molar refractivity (Wildman–Crippen MR) is 428 cm³/mol. The number of rotatable bonds is 37. The van der Waals surface area contributed by atoms with Crippen molar-refractivity contribution in [2.75, 3.05) is 85.9 Å². The van der Waals surface area contributed by atoms with Crippen LogP contribution < -0.4 is 0 Å². The first-order chi connectivity index (χ1) is 68.4. The van der Waals surface area contributed by atoms with Crippen LogP contribution in [0.3, 0.4) is 0 Å². The molecule has 0 aromatic rings. The van der Waals surface area contributed by atoms with E-state index >= 15 is 0 Å². The first kappa shape index (κ1) is 118. The van der Waals surface area contributed by atoms with Crippen LogP contribution >= 0.6 is 0 Å². The Kier molecular flexibility index (Phi) is 42.2. The molecule has 0 radical (unpaired) electrons. The molecule has 0 saturated carbocycles. The Hall–Kier alpha value is -2.64. The van der Waals surface area contributed by atoms with Gasteiger partial charge in [-0.3, -0.25) is 0 Å². The summed E-state index contributed by atoms with van der Waals surface area (Å²) in [7, 11) is 0. The average Bonchev–Trinajstić information content (AvgIpc) is 0.763. The van der Waals surface area contributed by atoms with Gasteiger partial charge in [-0.25, -0.2) is 0 Å². The Morgan fingerprint density at radius 1 is 0.104 bits per heavy atom. The average molecular weight is 2130 g/mol. The molecule has 13 aliphatic heterocycles. The van der Waals surface area contributed by atoms with Crippen LogP contribution in [0.5, 0.6) is 0 Å². The summed E-state index contributed by atoms with van der Waals surface area (Å²) in [4.78, 5) is 0. The second-order valence-electron chi connectivity index (χ2n) is 36.4. The number of aliphatic hydroxyl groups is 41. The van der Waals surface area contributed by atoms with E-state index < -0.39 is 485 Å². The van der Waals surface area contributed by atoms with Gasteiger partial charge < -0.3 is 328 Å². The Balaban J connectivity index is 0.658. The van der Waals surface area contributed by atoms with E-state index in [9.17, 15) is 209 Å². The molecular formula is C78H132O66. The number of hydrogen-bond donors (Lipinski definition) is 41.